The van der Waals surface area contributed by atoms with Crippen molar-refractivity contribution in [2.75, 3.05) is 19.7 Å². The van der Waals surface area contributed by atoms with Crippen LogP contribution in [0.4, 0.5) is 0 Å². The highest BCUT2D eigenvalue weighted by molar-refractivity contribution is 5.79. The largest absolute Gasteiger partial charge is 0.493 e. The number of aliphatic hydroxyl groups is 1. The molecular weight excluding hydrogens is 304 g/mol. The minimum atomic E-state index is -0.199. The van der Waals surface area contributed by atoms with Gasteiger partial charge in [-0.25, -0.2) is 0 Å². The van der Waals surface area contributed by atoms with Gasteiger partial charge >= 0.3 is 0 Å². The third-order valence-corrected chi connectivity index (χ3v) is 5.61. The lowest BCUT2D eigenvalue weighted by Crippen LogP contribution is -2.48. The molecule has 2 fully saturated rings. The van der Waals surface area contributed by atoms with Gasteiger partial charge in [0.2, 0.25) is 5.91 Å². The van der Waals surface area contributed by atoms with E-state index in [-0.39, 0.29) is 18.1 Å². The highest BCUT2D eigenvalue weighted by Gasteiger charge is 2.36. The maximum Gasteiger partial charge on any atom is 0.224 e. The number of hydrogen-bond donors (Lipinski definition) is 2. The molecule has 3 atom stereocenters. The number of benzene rings is 1. The van der Waals surface area contributed by atoms with Crippen LogP contribution in [0, 0.1) is 0 Å². The van der Waals surface area contributed by atoms with Crippen molar-refractivity contribution in [1.29, 1.82) is 0 Å². The van der Waals surface area contributed by atoms with E-state index in [2.05, 4.69) is 16.3 Å². The van der Waals surface area contributed by atoms with Crippen LogP contribution in [0.25, 0.3) is 0 Å². The second-order valence-corrected chi connectivity index (χ2v) is 7.33. The lowest BCUT2D eigenvalue weighted by atomic mass is 10.1. The Balaban J connectivity index is 1.35. The number of ether oxygens (including phenoxy) is 1. The molecule has 1 aliphatic carbocycles. The van der Waals surface area contributed by atoms with E-state index in [4.69, 9.17) is 4.74 Å². The Hall–Kier alpha value is -1.59. The van der Waals surface area contributed by atoms with E-state index in [1.807, 2.05) is 12.1 Å². The van der Waals surface area contributed by atoms with Crippen molar-refractivity contribution in [2.24, 2.45) is 0 Å². The molecule has 0 aromatic heterocycles. The first-order valence-corrected chi connectivity index (χ1v) is 9.15. The molecule has 0 bridgehead atoms. The summed E-state index contributed by atoms with van der Waals surface area (Å²) in [5.74, 6) is 1.06. The van der Waals surface area contributed by atoms with Crippen molar-refractivity contribution < 1.29 is 14.6 Å². The molecule has 5 nitrogen and oxygen atoms in total. The molecule has 2 heterocycles. The summed E-state index contributed by atoms with van der Waals surface area (Å²) in [6.45, 7) is 2.45. The van der Waals surface area contributed by atoms with Gasteiger partial charge in [0.15, 0.2) is 0 Å². The number of nitrogens with one attached hydrogen (secondary N) is 1. The summed E-state index contributed by atoms with van der Waals surface area (Å²) >= 11 is 0. The van der Waals surface area contributed by atoms with Crippen LogP contribution in [0.3, 0.4) is 0 Å². The molecule has 24 heavy (non-hydrogen) atoms. The van der Waals surface area contributed by atoms with Crippen LogP contribution in [0.15, 0.2) is 18.2 Å². The van der Waals surface area contributed by atoms with Crippen molar-refractivity contribution in [1.82, 2.24) is 10.2 Å². The zero-order chi connectivity index (χ0) is 16.5. The number of likely N-dealkylation sites (tertiary alicyclic amines) is 1. The molecule has 4 rings (SSSR count). The summed E-state index contributed by atoms with van der Waals surface area (Å²) in [6, 6.07) is 6.69. The number of fused-ring (bicyclic) bond motifs is 1. The topological polar surface area (TPSA) is 61.8 Å². The molecule has 5 heteroatoms. The molecule has 130 valence electrons. The summed E-state index contributed by atoms with van der Waals surface area (Å²) in [5, 5.41) is 13.0. The van der Waals surface area contributed by atoms with Gasteiger partial charge in [-0.15, -0.1) is 0 Å². The predicted molar refractivity (Wildman–Crippen MR) is 91.1 cm³/mol. The molecule has 2 N–H and O–H groups in total. The summed E-state index contributed by atoms with van der Waals surface area (Å²) < 4.78 is 5.52. The SMILES string of the molecule is O=C(Cc1ccc2c(c1)CCO2)N[C@@H]1CCC[C@@H]1N1CCC(O)C1. The van der Waals surface area contributed by atoms with Crippen molar-refractivity contribution in [3.05, 3.63) is 29.3 Å². The first-order chi connectivity index (χ1) is 11.7. The van der Waals surface area contributed by atoms with Gasteiger partial charge in [-0.05, 0) is 42.9 Å². The number of rotatable bonds is 4. The number of carbonyl (C=O) groups excluding carboxylic acids is 1. The molecule has 1 saturated heterocycles. The van der Waals surface area contributed by atoms with Gasteiger partial charge in [-0.1, -0.05) is 12.1 Å². The second-order valence-electron chi connectivity index (χ2n) is 7.33. The maximum atomic E-state index is 12.5. The van der Waals surface area contributed by atoms with Crippen LogP contribution in [-0.4, -0.2) is 53.8 Å². The monoisotopic (exact) mass is 330 g/mol. The normalized spacial score (nSPS) is 29.5. The van der Waals surface area contributed by atoms with Crippen molar-refractivity contribution in [2.45, 2.75) is 56.7 Å². The van der Waals surface area contributed by atoms with Gasteiger partial charge < -0.3 is 15.2 Å². The average Bonchev–Trinajstić information content (AvgIpc) is 3.27. The van der Waals surface area contributed by atoms with Crippen molar-refractivity contribution in [3.63, 3.8) is 0 Å². The van der Waals surface area contributed by atoms with E-state index in [0.717, 1.165) is 63.1 Å². The Morgan fingerprint density at radius 3 is 3.08 bits per heavy atom. The number of β-amino-alcohol motifs (C(OH)–C–C–N with tert-alkyl or cyclic N) is 1. The van der Waals surface area contributed by atoms with E-state index in [1.54, 1.807) is 0 Å². The van der Waals surface area contributed by atoms with Crippen LogP contribution < -0.4 is 10.1 Å². The molecule has 3 aliphatic rings. The van der Waals surface area contributed by atoms with Crippen LogP contribution >= 0.6 is 0 Å². The fourth-order valence-electron chi connectivity index (χ4n) is 4.41. The second kappa shape index (κ2) is 6.73. The van der Waals surface area contributed by atoms with Crippen LogP contribution in [-0.2, 0) is 17.6 Å². The minimum absolute atomic E-state index is 0.102. The number of carbonyl (C=O) groups is 1. The molecule has 1 aromatic rings. The molecule has 1 saturated carbocycles. The van der Waals surface area contributed by atoms with Gasteiger partial charge in [-0.3, -0.25) is 9.69 Å². The van der Waals surface area contributed by atoms with Crippen LogP contribution in [0.2, 0.25) is 0 Å². The number of hydrogen-bond acceptors (Lipinski definition) is 4. The van der Waals surface area contributed by atoms with Crippen molar-refractivity contribution >= 4 is 5.91 Å². The molecular formula is C19H26N2O3. The van der Waals surface area contributed by atoms with Gasteiger partial charge in [0.05, 0.1) is 19.1 Å². The standard InChI is InChI=1S/C19H26N2O3/c22-15-6-8-21(12-15)17-3-1-2-16(17)20-19(23)11-13-4-5-18-14(10-13)7-9-24-18/h4-5,10,15-17,22H,1-3,6-9,11-12H2,(H,20,23)/t15?,16-,17+/m1/s1. The average molecular weight is 330 g/mol. The van der Waals surface area contributed by atoms with E-state index >= 15 is 0 Å². The molecule has 1 amide bonds. The minimum Gasteiger partial charge on any atom is -0.493 e. The first kappa shape index (κ1) is 15.9. The predicted octanol–water partition coefficient (Wildman–Crippen LogP) is 1.27. The van der Waals surface area contributed by atoms with Gasteiger partial charge in [-0.2, -0.15) is 0 Å². The third-order valence-electron chi connectivity index (χ3n) is 5.61. The fourth-order valence-corrected chi connectivity index (χ4v) is 4.41. The van der Waals surface area contributed by atoms with E-state index in [9.17, 15) is 9.90 Å². The maximum absolute atomic E-state index is 12.5. The quantitative estimate of drug-likeness (QED) is 0.873. The lowest BCUT2D eigenvalue weighted by molar-refractivity contribution is -0.121. The number of nitrogens with zero attached hydrogens (tertiary/aromatic N) is 1. The Bertz CT molecular complexity index is 619. The number of aliphatic hydroxyl groups excluding tert-OH is 1. The lowest BCUT2D eigenvalue weighted by Gasteiger charge is -2.29. The van der Waals surface area contributed by atoms with Gasteiger partial charge in [0, 0.05) is 31.6 Å². The highest BCUT2D eigenvalue weighted by Crippen LogP contribution is 2.28. The number of amides is 1. The Morgan fingerprint density at radius 1 is 1.33 bits per heavy atom. The summed E-state index contributed by atoms with van der Waals surface area (Å²) in [5.41, 5.74) is 2.27. The Kier molecular flexibility index (Phi) is 4.46. The molecule has 1 unspecified atom stereocenters. The van der Waals surface area contributed by atoms with Gasteiger partial charge in [0.25, 0.3) is 0 Å². The first-order valence-electron chi connectivity index (χ1n) is 9.15. The fraction of sp³-hybridized carbons (Fsp3) is 0.632. The Morgan fingerprint density at radius 2 is 2.25 bits per heavy atom. The Labute approximate surface area is 143 Å². The highest BCUT2D eigenvalue weighted by atomic mass is 16.5. The molecule has 0 spiro atoms. The van der Waals surface area contributed by atoms with E-state index in [0.29, 0.717) is 12.5 Å². The van der Waals surface area contributed by atoms with Gasteiger partial charge in [0.1, 0.15) is 5.75 Å². The summed E-state index contributed by atoms with van der Waals surface area (Å²) in [6.07, 6.45) is 5.34. The zero-order valence-corrected chi connectivity index (χ0v) is 14.0. The summed E-state index contributed by atoms with van der Waals surface area (Å²) in [4.78, 5) is 14.8. The van der Waals surface area contributed by atoms with Crippen LogP contribution in [0.1, 0.15) is 36.8 Å². The van der Waals surface area contributed by atoms with E-state index < -0.39 is 0 Å². The zero-order valence-electron chi connectivity index (χ0n) is 14.0. The van der Waals surface area contributed by atoms with Crippen LogP contribution in [0.5, 0.6) is 5.75 Å². The summed E-state index contributed by atoms with van der Waals surface area (Å²) in [7, 11) is 0. The van der Waals surface area contributed by atoms with E-state index in [1.165, 1.54) is 5.56 Å². The van der Waals surface area contributed by atoms with Crippen molar-refractivity contribution in [3.8, 4) is 5.75 Å². The molecule has 2 aliphatic heterocycles. The smallest absolute Gasteiger partial charge is 0.224 e. The third kappa shape index (κ3) is 3.28. The molecule has 1 aromatic carbocycles. The molecule has 0 radical (unpaired) electrons.